The quantitative estimate of drug-likeness (QED) is 0.845. The van der Waals surface area contributed by atoms with Crippen LogP contribution in [0.25, 0.3) is 11.4 Å². The highest BCUT2D eigenvalue weighted by Gasteiger charge is 2.34. The van der Waals surface area contributed by atoms with Gasteiger partial charge in [-0.05, 0) is 43.2 Å². The second-order valence-electron chi connectivity index (χ2n) is 6.75. The van der Waals surface area contributed by atoms with E-state index in [0.717, 1.165) is 37.3 Å². The number of benzene rings is 1. The maximum atomic E-state index is 12.1. The van der Waals surface area contributed by atoms with Gasteiger partial charge in [0.05, 0.1) is 12.2 Å². The number of hydrogen-bond donors (Lipinski definition) is 2. The summed E-state index contributed by atoms with van der Waals surface area (Å²) in [6.45, 7) is 1.13. The van der Waals surface area contributed by atoms with Gasteiger partial charge in [-0.2, -0.15) is 0 Å². The van der Waals surface area contributed by atoms with Crippen LogP contribution >= 0.6 is 0 Å². The molecule has 2 unspecified atom stereocenters. The third-order valence-electron chi connectivity index (χ3n) is 4.79. The highest BCUT2D eigenvalue weighted by atomic mass is 19.1. The van der Waals surface area contributed by atoms with Crippen molar-refractivity contribution in [3.8, 4) is 11.4 Å². The molecule has 7 nitrogen and oxygen atoms in total. The molecule has 1 aromatic heterocycles. The van der Waals surface area contributed by atoms with Crippen molar-refractivity contribution in [1.29, 1.82) is 0 Å². The molecule has 0 radical (unpaired) electrons. The fraction of sp³-hybridized carbons (Fsp3) is 0.421. The minimum Gasteiger partial charge on any atom is -0.371 e. The summed E-state index contributed by atoms with van der Waals surface area (Å²) >= 11 is 0. The van der Waals surface area contributed by atoms with Crippen molar-refractivity contribution < 1.29 is 13.9 Å². The highest BCUT2D eigenvalue weighted by Crippen LogP contribution is 2.29. The summed E-state index contributed by atoms with van der Waals surface area (Å²) < 4.78 is 18.0. The first-order chi connectivity index (χ1) is 13.2. The molecule has 2 N–H and O–H groups in total. The predicted molar refractivity (Wildman–Crippen MR) is 101 cm³/mol. The Balaban J connectivity index is 1.45. The number of hydrogen-bond acceptors (Lipinski definition) is 5. The van der Waals surface area contributed by atoms with E-state index < -0.39 is 12.7 Å². The van der Waals surface area contributed by atoms with E-state index >= 15 is 0 Å². The summed E-state index contributed by atoms with van der Waals surface area (Å²) in [7, 11) is 0. The van der Waals surface area contributed by atoms with Crippen molar-refractivity contribution in [2.75, 3.05) is 36.5 Å². The van der Waals surface area contributed by atoms with Crippen LogP contribution in [0.15, 0.2) is 36.5 Å². The number of ether oxygens (including phenoxy) is 1. The number of nitrogens with zero attached hydrogens (tertiary/aromatic N) is 3. The Hall–Kier alpha value is -2.74. The summed E-state index contributed by atoms with van der Waals surface area (Å²) in [4.78, 5) is 22.9. The minimum absolute atomic E-state index is 0.00615. The largest absolute Gasteiger partial charge is 0.371 e. The average molecular weight is 371 g/mol. The van der Waals surface area contributed by atoms with Crippen LogP contribution < -0.4 is 15.5 Å². The number of nitrogens with one attached hydrogen (secondary N) is 2. The predicted octanol–water partition coefficient (Wildman–Crippen LogP) is 2.60. The maximum absolute atomic E-state index is 12.1. The van der Waals surface area contributed by atoms with Gasteiger partial charge in [-0.25, -0.2) is 19.2 Å². The third kappa shape index (κ3) is 4.16. The fourth-order valence-electron chi connectivity index (χ4n) is 3.50. The second kappa shape index (κ2) is 7.87. The molecule has 2 aliphatic heterocycles. The van der Waals surface area contributed by atoms with E-state index in [-0.39, 0.29) is 6.54 Å². The lowest BCUT2D eigenvalue weighted by Crippen LogP contribution is -2.43. The molecule has 0 saturated carbocycles. The van der Waals surface area contributed by atoms with Gasteiger partial charge in [0.2, 0.25) is 0 Å². The van der Waals surface area contributed by atoms with E-state index in [0.29, 0.717) is 23.7 Å². The number of urea groups is 1. The Kier molecular flexibility index (Phi) is 5.15. The molecular weight excluding hydrogens is 349 g/mol. The highest BCUT2D eigenvalue weighted by molar-refractivity contribution is 5.89. The van der Waals surface area contributed by atoms with E-state index in [4.69, 9.17) is 9.72 Å². The van der Waals surface area contributed by atoms with Crippen molar-refractivity contribution in [3.05, 3.63) is 36.5 Å². The molecule has 0 aliphatic carbocycles. The van der Waals surface area contributed by atoms with Gasteiger partial charge in [0.1, 0.15) is 12.5 Å². The van der Waals surface area contributed by atoms with Gasteiger partial charge < -0.3 is 20.3 Å². The summed E-state index contributed by atoms with van der Waals surface area (Å²) in [6, 6.07) is 8.75. The Morgan fingerprint density at radius 2 is 1.93 bits per heavy atom. The zero-order valence-electron chi connectivity index (χ0n) is 14.9. The Morgan fingerprint density at radius 1 is 1.19 bits per heavy atom. The molecule has 2 atom stereocenters. The summed E-state index contributed by atoms with van der Waals surface area (Å²) in [5, 5.41) is 5.07. The minimum atomic E-state index is -0.593. The second-order valence-corrected chi connectivity index (χ2v) is 6.75. The first-order valence-corrected chi connectivity index (χ1v) is 9.16. The zero-order valence-corrected chi connectivity index (χ0v) is 14.9. The number of anilines is 2. The molecule has 3 heterocycles. The van der Waals surface area contributed by atoms with Crippen LogP contribution in [0.5, 0.6) is 0 Å². The van der Waals surface area contributed by atoms with E-state index in [2.05, 4.69) is 20.5 Å². The van der Waals surface area contributed by atoms with Gasteiger partial charge in [-0.15, -0.1) is 0 Å². The Bertz CT molecular complexity index is 789. The van der Waals surface area contributed by atoms with Gasteiger partial charge in [-0.1, -0.05) is 0 Å². The van der Waals surface area contributed by atoms with Crippen LogP contribution in [0, 0.1) is 0 Å². The van der Waals surface area contributed by atoms with E-state index in [9.17, 15) is 9.18 Å². The van der Waals surface area contributed by atoms with Crippen LogP contribution in [-0.4, -0.2) is 54.5 Å². The van der Waals surface area contributed by atoms with Crippen molar-refractivity contribution in [1.82, 2.24) is 15.3 Å². The number of alkyl halides is 1. The van der Waals surface area contributed by atoms with E-state index in [1.165, 1.54) is 0 Å². The Morgan fingerprint density at radius 3 is 2.63 bits per heavy atom. The normalized spacial score (nSPS) is 21.1. The first kappa shape index (κ1) is 17.7. The van der Waals surface area contributed by atoms with Gasteiger partial charge in [-0.3, -0.25) is 0 Å². The number of carbonyl (C=O) groups is 1. The first-order valence-electron chi connectivity index (χ1n) is 9.16. The van der Waals surface area contributed by atoms with Crippen LogP contribution in [-0.2, 0) is 4.74 Å². The molecule has 8 heteroatoms. The standard InChI is InChI=1S/C19H22FN5O2/c20-8-10-22-19(26)23-14-3-1-13(2-4-14)18-21-9-7-17(24-18)25-11-15-5-6-16(12-25)27-15/h1-4,7,9,15-16H,5-6,8,10-12H2,(H2,22,23,26). The van der Waals surface area contributed by atoms with Crippen molar-refractivity contribution in [2.24, 2.45) is 0 Å². The van der Waals surface area contributed by atoms with Gasteiger partial charge in [0.15, 0.2) is 5.82 Å². The fourth-order valence-corrected chi connectivity index (χ4v) is 3.50. The van der Waals surface area contributed by atoms with Gasteiger partial charge >= 0.3 is 6.03 Å². The molecular formula is C19H22FN5O2. The molecule has 2 saturated heterocycles. The third-order valence-corrected chi connectivity index (χ3v) is 4.79. The van der Waals surface area contributed by atoms with Crippen molar-refractivity contribution in [3.63, 3.8) is 0 Å². The number of aromatic nitrogens is 2. The maximum Gasteiger partial charge on any atom is 0.319 e. The molecule has 0 spiro atoms. The van der Waals surface area contributed by atoms with Crippen LogP contribution in [0.4, 0.5) is 20.7 Å². The lowest BCUT2D eigenvalue weighted by Gasteiger charge is -2.33. The van der Waals surface area contributed by atoms with E-state index in [1.54, 1.807) is 18.3 Å². The van der Waals surface area contributed by atoms with Gasteiger partial charge in [0, 0.05) is 37.1 Å². The Labute approximate surface area is 157 Å². The molecule has 2 bridgehead atoms. The molecule has 4 rings (SSSR count). The molecule has 27 heavy (non-hydrogen) atoms. The topological polar surface area (TPSA) is 79.4 Å². The number of fused-ring (bicyclic) bond motifs is 2. The molecule has 1 aromatic carbocycles. The molecule has 2 aliphatic rings. The molecule has 2 amide bonds. The summed E-state index contributed by atoms with van der Waals surface area (Å²) in [5.41, 5.74) is 1.49. The SMILES string of the molecule is O=C(NCCF)Nc1ccc(-c2nccc(N3CC4CCC(C3)O4)n2)cc1. The lowest BCUT2D eigenvalue weighted by molar-refractivity contribution is 0.0302. The zero-order chi connectivity index (χ0) is 18.6. The van der Waals surface area contributed by atoms with Crippen molar-refractivity contribution >= 4 is 17.5 Å². The number of rotatable bonds is 5. The van der Waals surface area contributed by atoms with E-state index in [1.807, 2.05) is 18.2 Å². The summed E-state index contributed by atoms with van der Waals surface area (Å²) in [6.07, 6.45) is 4.61. The van der Waals surface area contributed by atoms with Gasteiger partial charge in [0.25, 0.3) is 0 Å². The molecule has 2 fully saturated rings. The molecule has 142 valence electrons. The molecule has 2 aromatic rings. The number of morpholine rings is 1. The van der Waals surface area contributed by atoms with Crippen LogP contribution in [0.2, 0.25) is 0 Å². The van der Waals surface area contributed by atoms with Crippen molar-refractivity contribution in [2.45, 2.75) is 25.0 Å². The number of carbonyl (C=O) groups excluding carboxylic acids is 1. The number of amides is 2. The van der Waals surface area contributed by atoms with Crippen LogP contribution in [0.1, 0.15) is 12.8 Å². The van der Waals surface area contributed by atoms with Crippen LogP contribution in [0.3, 0.4) is 0 Å². The summed E-state index contributed by atoms with van der Waals surface area (Å²) in [5.74, 6) is 1.55. The average Bonchev–Trinajstić information content (AvgIpc) is 3.04. The number of halogens is 1. The monoisotopic (exact) mass is 371 g/mol. The smallest absolute Gasteiger partial charge is 0.319 e. The lowest BCUT2D eigenvalue weighted by atomic mass is 10.2.